The molecule has 0 spiro atoms. The maximum Gasteiger partial charge on any atom is 0.236 e. The van der Waals surface area contributed by atoms with E-state index >= 15 is 0 Å². The second-order valence-corrected chi connectivity index (χ2v) is 3.97. The quantitative estimate of drug-likeness (QED) is 0.715. The summed E-state index contributed by atoms with van der Waals surface area (Å²) >= 11 is 3.29. The lowest BCUT2D eigenvalue weighted by Gasteiger charge is -2.12. The van der Waals surface area contributed by atoms with Gasteiger partial charge in [-0.3, -0.25) is 4.79 Å². The van der Waals surface area contributed by atoms with Crippen molar-refractivity contribution >= 4 is 21.8 Å². The van der Waals surface area contributed by atoms with Gasteiger partial charge < -0.3 is 9.42 Å². The van der Waals surface area contributed by atoms with Gasteiger partial charge in [0.05, 0.1) is 11.4 Å². The van der Waals surface area contributed by atoms with Gasteiger partial charge >= 0.3 is 0 Å². The Kier molecular flexibility index (Phi) is 2.30. The summed E-state index contributed by atoms with van der Waals surface area (Å²) < 4.78 is 4.58. The molecule has 5 nitrogen and oxygen atoms in total. The Morgan fingerprint density at radius 1 is 1.77 bits per heavy atom. The van der Waals surface area contributed by atoms with E-state index in [-0.39, 0.29) is 10.7 Å². The summed E-state index contributed by atoms with van der Waals surface area (Å²) in [6, 6.07) is 0. The molecule has 0 aliphatic carbocycles. The molecular formula is C7H8BrN3O2. The number of carbonyl (C=O) groups excluding carboxylic acids is 1. The van der Waals surface area contributed by atoms with Gasteiger partial charge in [-0.2, -0.15) is 4.98 Å². The van der Waals surface area contributed by atoms with Crippen molar-refractivity contribution in [2.75, 3.05) is 6.54 Å². The van der Waals surface area contributed by atoms with E-state index in [0.717, 1.165) is 13.0 Å². The first-order valence-corrected chi connectivity index (χ1v) is 4.87. The predicted octanol–water partition coefficient (Wildman–Crippen LogP) is 0.565. The zero-order valence-electron chi connectivity index (χ0n) is 6.81. The maximum atomic E-state index is 11.4. The highest BCUT2D eigenvalue weighted by Crippen LogP contribution is 2.19. The van der Waals surface area contributed by atoms with Gasteiger partial charge in [-0.15, -0.1) is 0 Å². The van der Waals surface area contributed by atoms with E-state index in [2.05, 4.69) is 30.6 Å². The molecule has 1 amide bonds. The first-order chi connectivity index (χ1) is 6.27. The number of rotatable bonds is 2. The summed E-state index contributed by atoms with van der Waals surface area (Å²) in [6.07, 6.45) is 2.11. The van der Waals surface area contributed by atoms with Crippen LogP contribution in [0.4, 0.5) is 0 Å². The average molecular weight is 246 g/mol. The van der Waals surface area contributed by atoms with Crippen LogP contribution in [0.5, 0.6) is 0 Å². The number of carbonyl (C=O) groups is 1. The van der Waals surface area contributed by atoms with Crippen LogP contribution in [0.3, 0.4) is 0 Å². The Labute approximate surface area is 83.2 Å². The van der Waals surface area contributed by atoms with Gasteiger partial charge in [-0.1, -0.05) is 21.1 Å². The Morgan fingerprint density at radius 3 is 3.15 bits per heavy atom. The molecule has 1 fully saturated rings. The van der Waals surface area contributed by atoms with Gasteiger partial charge in [0.25, 0.3) is 0 Å². The van der Waals surface area contributed by atoms with Crippen molar-refractivity contribution in [1.29, 1.82) is 0 Å². The molecule has 1 aromatic rings. The number of aromatic nitrogens is 2. The van der Waals surface area contributed by atoms with Crippen LogP contribution in [0.2, 0.25) is 0 Å². The van der Waals surface area contributed by atoms with Crippen LogP contribution < -0.4 is 0 Å². The van der Waals surface area contributed by atoms with Crippen molar-refractivity contribution in [2.24, 2.45) is 0 Å². The van der Waals surface area contributed by atoms with Crippen LogP contribution in [-0.4, -0.2) is 32.3 Å². The Hall–Kier alpha value is -0.910. The average Bonchev–Trinajstić information content (AvgIpc) is 2.71. The number of nitrogens with zero attached hydrogens (tertiary/aromatic N) is 3. The number of hydrogen-bond acceptors (Lipinski definition) is 4. The zero-order valence-corrected chi connectivity index (χ0v) is 8.40. The van der Waals surface area contributed by atoms with E-state index in [1.165, 1.54) is 6.39 Å². The third-order valence-electron chi connectivity index (χ3n) is 1.97. The molecule has 0 bridgehead atoms. The number of hydrogen-bond donors (Lipinski definition) is 0. The van der Waals surface area contributed by atoms with E-state index in [9.17, 15) is 4.79 Å². The van der Waals surface area contributed by atoms with E-state index < -0.39 is 0 Å². The molecule has 1 aromatic heterocycles. The molecular weight excluding hydrogens is 238 g/mol. The molecule has 13 heavy (non-hydrogen) atoms. The fraction of sp³-hybridized carbons (Fsp3) is 0.571. The minimum atomic E-state index is -0.0422. The molecule has 0 saturated carbocycles. The molecule has 1 saturated heterocycles. The van der Waals surface area contributed by atoms with Crippen LogP contribution in [-0.2, 0) is 11.3 Å². The SMILES string of the molecule is O=C1C(Br)CCN1Cc1ncon1. The lowest BCUT2D eigenvalue weighted by Crippen LogP contribution is -2.27. The molecule has 1 aliphatic rings. The highest BCUT2D eigenvalue weighted by molar-refractivity contribution is 9.10. The highest BCUT2D eigenvalue weighted by atomic mass is 79.9. The molecule has 0 radical (unpaired) electrons. The van der Waals surface area contributed by atoms with Gasteiger partial charge in [0, 0.05) is 6.54 Å². The van der Waals surface area contributed by atoms with E-state index in [4.69, 9.17) is 0 Å². The smallest absolute Gasteiger partial charge is 0.236 e. The van der Waals surface area contributed by atoms with Gasteiger partial charge in [0.2, 0.25) is 12.3 Å². The van der Waals surface area contributed by atoms with Crippen molar-refractivity contribution in [2.45, 2.75) is 17.8 Å². The highest BCUT2D eigenvalue weighted by Gasteiger charge is 2.29. The number of amides is 1. The van der Waals surface area contributed by atoms with Crippen LogP contribution in [0, 0.1) is 0 Å². The monoisotopic (exact) mass is 245 g/mol. The second-order valence-electron chi connectivity index (χ2n) is 2.86. The third-order valence-corrected chi connectivity index (χ3v) is 2.82. The summed E-state index contributed by atoms with van der Waals surface area (Å²) in [5, 5.41) is 3.64. The van der Waals surface area contributed by atoms with Crippen molar-refractivity contribution < 1.29 is 9.32 Å². The lowest BCUT2D eigenvalue weighted by molar-refractivity contribution is -0.127. The van der Waals surface area contributed by atoms with E-state index in [1.807, 2.05) is 0 Å². The fourth-order valence-electron chi connectivity index (χ4n) is 1.29. The summed E-state index contributed by atoms with van der Waals surface area (Å²) in [5.74, 6) is 0.653. The lowest BCUT2D eigenvalue weighted by atomic mass is 10.4. The van der Waals surface area contributed by atoms with Crippen LogP contribution in [0.1, 0.15) is 12.2 Å². The molecule has 70 valence electrons. The van der Waals surface area contributed by atoms with Gasteiger partial charge in [-0.05, 0) is 6.42 Å². The largest absolute Gasteiger partial charge is 0.343 e. The molecule has 1 unspecified atom stereocenters. The van der Waals surface area contributed by atoms with Crippen molar-refractivity contribution in [1.82, 2.24) is 15.0 Å². The molecule has 6 heteroatoms. The summed E-state index contributed by atoms with van der Waals surface area (Å²) in [7, 11) is 0. The fourth-order valence-corrected chi connectivity index (χ4v) is 1.79. The first kappa shape index (κ1) is 8.68. The Balaban J connectivity index is 2.00. The predicted molar refractivity (Wildman–Crippen MR) is 47.0 cm³/mol. The molecule has 0 aromatic carbocycles. The van der Waals surface area contributed by atoms with Gasteiger partial charge in [0.15, 0.2) is 5.82 Å². The third kappa shape index (κ3) is 1.72. The maximum absolute atomic E-state index is 11.4. The van der Waals surface area contributed by atoms with Crippen molar-refractivity contribution in [3.63, 3.8) is 0 Å². The Bertz CT molecular complexity index is 301. The molecule has 1 aliphatic heterocycles. The summed E-state index contributed by atoms with van der Waals surface area (Å²) in [4.78, 5) is 16.9. The van der Waals surface area contributed by atoms with Gasteiger partial charge in [-0.25, -0.2) is 0 Å². The van der Waals surface area contributed by atoms with Crippen LogP contribution in [0.25, 0.3) is 0 Å². The normalized spacial score (nSPS) is 22.7. The molecule has 2 rings (SSSR count). The van der Waals surface area contributed by atoms with Gasteiger partial charge in [0.1, 0.15) is 0 Å². The topological polar surface area (TPSA) is 59.2 Å². The van der Waals surface area contributed by atoms with Crippen LogP contribution >= 0.6 is 15.9 Å². The molecule has 2 heterocycles. The number of likely N-dealkylation sites (tertiary alicyclic amines) is 1. The van der Waals surface area contributed by atoms with Crippen molar-refractivity contribution in [3.8, 4) is 0 Å². The van der Waals surface area contributed by atoms with Crippen LogP contribution in [0.15, 0.2) is 10.9 Å². The second kappa shape index (κ2) is 3.45. The first-order valence-electron chi connectivity index (χ1n) is 3.95. The zero-order chi connectivity index (χ0) is 9.26. The number of alkyl halides is 1. The Morgan fingerprint density at radius 2 is 2.62 bits per heavy atom. The minimum Gasteiger partial charge on any atom is -0.343 e. The standard InChI is InChI=1S/C7H8BrN3O2/c8-5-1-2-11(7(5)12)3-6-9-4-13-10-6/h4-5H,1-3H2. The van der Waals surface area contributed by atoms with Crippen molar-refractivity contribution in [3.05, 3.63) is 12.2 Å². The summed E-state index contributed by atoms with van der Waals surface area (Å²) in [5.41, 5.74) is 0. The summed E-state index contributed by atoms with van der Waals surface area (Å²) in [6.45, 7) is 1.20. The van der Waals surface area contributed by atoms with E-state index in [0.29, 0.717) is 12.4 Å². The minimum absolute atomic E-state index is 0.0422. The molecule has 0 N–H and O–H groups in total. The molecule has 1 atom stereocenters. The number of halogens is 1. The van der Waals surface area contributed by atoms with E-state index in [1.54, 1.807) is 4.90 Å².